The van der Waals surface area contributed by atoms with Gasteiger partial charge in [0.1, 0.15) is 18.2 Å². The number of nitrogens with two attached hydrogens (primary N) is 1. The molecule has 0 radical (unpaired) electrons. The molecule has 1 aliphatic heterocycles. The van der Waals surface area contributed by atoms with Crippen molar-refractivity contribution in [3.63, 3.8) is 0 Å². The first-order chi connectivity index (χ1) is 9.31. The highest BCUT2D eigenvalue weighted by molar-refractivity contribution is 5.99. The lowest BCUT2D eigenvalue weighted by Gasteiger charge is -2.21. The Morgan fingerprint density at radius 3 is 3.11 bits per heavy atom. The molecule has 0 saturated carbocycles. The number of hydrogen-bond acceptors (Lipinski definition) is 4. The second kappa shape index (κ2) is 4.97. The monoisotopic (exact) mass is 254 g/mol. The van der Waals surface area contributed by atoms with Crippen molar-refractivity contribution in [1.29, 1.82) is 0 Å². The summed E-state index contributed by atoms with van der Waals surface area (Å²) in [5.41, 5.74) is 8.22. The molecular weight excluding hydrogens is 240 g/mol. The number of rotatable bonds is 2. The maximum Gasteiger partial charge on any atom is 0.146 e. The largest absolute Gasteiger partial charge is 0.484 e. The van der Waals surface area contributed by atoms with E-state index in [2.05, 4.69) is 15.3 Å². The number of amidine groups is 1. The van der Waals surface area contributed by atoms with Gasteiger partial charge in [-0.05, 0) is 30.3 Å². The second-order valence-corrected chi connectivity index (χ2v) is 4.25. The standard InChI is InChI=1S/C14H14N4O/c15-10-4-5-13-12(7-10)18-14(9-19-13)17-8-11-3-1-2-6-16-11/h1-7H,8-9,15H2,(H,17,18). The molecule has 3 rings (SSSR count). The number of benzene rings is 1. The Kier molecular flexibility index (Phi) is 3.02. The summed E-state index contributed by atoms with van der Waals surface area (Å²) in [6.45, 7) is 0.966. The summed E-state index contributed by atoms with van der Waals surface area (Å²) in [4.78, 5) is 8.69. The molecule has 5 nitrogen and oxygen atoms in total. The highest BCUT2D eigenvalue weighted by Gasteiger charge is 2.14. The summed E-state index contributed by atoms with van der Waals surface area (Å²) >= 11 is 0. The number of fused-ring (bicyclic) bond motifs is 1. The smallest absolute Gasteiger partial charge is 0.146 e. The Balaban J connectivity index is 1.74. The quantitative estimate of drug-likeness (QED) is 0.805. The van der Waals surface area contributed by atoms with Crippen LogP contribution >= 0.6 is 0 Å². The Labute approximate surface area is 111 Å². The van der Waals surface area contributed by atoms with Crippen LogP contribution in [-0.4, -0.2) is 17.4 Å². The van der Waals surface area contributed by atoms with Gasteiger partial charge in [0.25, 0.3) is 0 Å². The number of anilines is 2. The molecule has 3 N–H and O–H groups in total. The Hall–Kier alpha value is -2.56. The van der Waals surface area contributed by atoms with Gasteiger partial charge in [-0.25, -0.2) is 0 Å². The molecule has 0 amide bonds. The van der Waals surface area contributed by atoms with Gasteiger partial charge in [0.05, 0.1) is 17.9 Å². The minimum absolute atomic E-state index is 0.434. The van der Waals surface area contributed by atoms with Crippen LogP contribution in [0.2, 0.25) is 0 Å². The van der Waals surface area contributed by atoms with Crippen molar-refractivity contribution in [1.82, 2.24) is 4.98 Å². The molecule has 0 spiro atoms. The normalized spacial score (nSPS) is 15.5. The van der Waals surface area contributed by atoms with Gasteiger partial charge in [-0.2, -0.15) is 0 Å². The van der Waals surface area contributed by atoms with Gasteiger partial charge < -0.3 is 15.8 Å². The van der Waals surface area contributed by atoms with Crippen molar-refractivity contribution in [2.75, 3.05) is 17.7 Å². The van der Waals surface area contributed by atoms with Gasteiger partial charge in [0.2, 0.25) is 0 Å². The van der Waals surface area contributed by atoms with Crippen LogP contribution in [0.5, 0.6) is 5.75 Å². The summed E-state index contributed by atoms with van der Waals surface area (Å²) in [7, 11) is 0. The number of hydrogen-bond donors (Lipinski definition) is 2. The highest BCUT2D eigenvalue weighted by Crippen LogP contribution is 2.29. The minimum Gasteiger partial charge on any atom is -0.484 e. The van der Waals surface area contributed by atoms with Crippen LogP contribution in [0.3, 0.4) is 0 Å². The van der Waals surface area contributed by atoms with Crippen LogP contribution in [0.4, 0.5) is 11.4 Å². The SMILES string of the molecule is Nc1ccc2c(c1)NC(=NCc1ccccn1)CO2. The second-order valence-electron chi connectivity index (χ2n) is 4.25. The fourth-order valence-electron chi connectivity index (χ4n) is 1.86. The molecule has 1 aliphatic rings. The first kappa shape index (κ1) is 11.5. The van der Waals surface area contributed by atoms with Crippen LogP contribution in [0.1, 0.15) is 5.69 Å². The summed E-state index contributed by atoms with van der Waals surface area (Å²) in [5, 5.41) is 3.23. The Morgan fingerprint density at radius 2 is 2.26 bits per heavy atom. The zero-order chi connectivity index (χ0) is 13.1. The molecule has 96 valence electrons. The van der Waals surface area contributed by atoms with E-state index in [1.54, 1.807) is 6.20 Å². The highest BCUT2D eigenvalue weighted by atomic mass is 16.5. The van der Waals surface area contributed by atoms with Gasteiger partial charge in [0.15, 0.2) is 0 Å². The minimum atomic E-state index is 0.434. The average Bonchev–Trinajstić information content (AvgIpc) is 2.46. The molecule has 0 saturated heterocycles. The molecule has 19 heavy (non-hydrogen) atoms. The van der Waals surface area contributed by atoms with Crippen molar-refractivity contribution >= 4 is 17.2 Å². The number of aromatic nitrogens is 1. The Bertz CT molecular complexity index is 610. The first-order valence-corrected chi connectivity index (χ1v) is 6.04. The van der Waals surface area contributed by atoms with Crippen LogP contribution in [0, 0.1) is 0 Å². The number of pyridine rings is 1. The van der Waals surface area contributed by atoms with E-state index in [-0.39, 0.29) is 0 Å². The van der Waals surface area contributed by atoms with Crippen molar-refractivity contribution in [3.8, 4) is 5.75 Å². The topological polar surface area (TPSA) is 72.5 Å². The molecule has 2 heterocycles. The maximum atomic E-state index is 5.75. The lowest BCUT2D eigenvalue weighted by atomic mass is 10.2. The number of ether oxygens (including phenoxy) is 1. The molecule has 1 aromatic carbocycles. The van der Waals surface area contributed by atoms with Gasteiger partial charge in [0, 0.05) is 11.9 Å². The summed E-state index contributed by atoms with van der Waals surface area (Å²) < 4.78 is 5.61. The summed E-state index contributed by atoms with van der Waals surface area (Å²) in [6.07, 6.45) is 1.76. The van der Waals surface area contributed by atoms with Gasteiger partial charge in [-0.3, -0.25) is 9.98 Å². The van der Waals surface area contributed by atoms with Crippen molar-refractivity contribution in [2.24, 2.45) is 4.99 Å². The van der Waals surface area contributed by atoms with E-state index in [4.69, 9.17) is 10.5 Å². The molecule has 0 unspecified atom stereocenters. The number of nitrogens with one attached hydrogen (secondary N) is 1. The van der Waals surface area contributed by atoms with E-state index in [1.165, 1.54) is 0 Å². The number of nitrogens with zero attached hydrogens (tertiary/aromatic N) is 2. The molecule has 1 aromatic heterocycles. The van der Waals surface area contributed by atoms with Gasteiger partial charge >= 0.3 is 0 Å². The third-order valence-electron chi connectivity index (χ3n) is 2.81. The van der Waals surface area contributed by atoms with Crippen molar-refractivity contribution in [2.45, 2.75) is 6.54 Å². The van der Waals surface area contributed by atoms with Crippen LogP contribution in [-0.2, 0) is 6.54 Å². The fourth-order valence-corrected chi connectivity index (χ4v) is 1.86. The van der Waals surface area contributed by atoms with E-state index in [1.807, 2.05) is 36.4 Å². The summed E-state index contributed by atoms with van der Waals surface area (Å²) in [6, 6.07) is 11.3. The predicted octanol–water partition coefficient (Wildman–Crippen LogP) is 2.07. The molecule has 0 fully saturated rings. The fraction of sp³-hybridized carbons (Fsp3) is 0.143. The lowest BCUT2D eigenvalue weighted by Crippen LogP contribution is -2.26. The van der Waals surface area contributed by atoms with Gasteiger partial charge in [-0.15, -0.1) is 0 Å². The van der Waals surface area contributed by atoms with Gasteiger partial charge in [-0.1, -0.05) is 6.07 Å². The molecule has 5 heteroatoms. The zero-order valence-electron chi connectivity index (χ0n) is 10.3. The molecule has 0 atom stereocenters. The predicted molar refractivity (Wildman–Crippen MR) is 75.3 cm³/mol. The van der Waals surface area contributed by atoms with Crippen molar-refractivity contribution < 1.29 is 4.74 Å². The Morgan fingerprint density at radius 1 is 1.32 bits per heavy atom. The summed E-state index contributed by atoms with van der Waals surface area (Å²) in [5.74, 6) is 1.58. The van der Waals surface area contributed by atoms with E-state index in [9.17, 15) is 0 Å². The molecule has 0 aliphatic carbocycles. The number of aliphatic imine (C=N–C) groups is 1. The van der Waals surface area contributed by atoms with E-state index in [0.717, 1.165) is 23.0 Å². The maximum absolute atomic E-state index is 5.75. The molecule has 2 aromatic rings. The van der Waals surface area contributed by atoms with E-state index >= 15 is 0 Å². The van der Waals surface area contributed by atoms with Crippen molar-refractivity contribution in [3.05, 3.63) is 48.3 Å². The molecule has 0 bridgehead atoms. The lowest BCUT2D eigenvalue weighted by molar-refractivity contribution is 0.372. The zero-order valence-corrected chi connectivity index (χ0v) is 10.3. The van der Waals surface area contributed by atoms with Crippen LogP contribution < -0.4 is 15.8 Å². The van der Waals surface area contributed by atoms with E-state index in [0.29, 0.717) is 18.8 Å². The third-order valence-corrected chi connectivity index (χ3v) is 2.81. The third kappa shape index (κ3) is 2.65. The first-order valence-electron chi connectivity index (χ1n) is 6.04. The number of nitrogen functional groups attached to an aromatic ring is 1. The molecular formula is C14H14N4O. The van der Waals surface area contributed by atoms with Crippen LogP contribution in [0.15, 0.2) is 47.6 Å². The average molecular weight is 254 g/mol. The van der Waals surface area contributed by atoms with E-state index < -0.39 is 0 Å². The van der Waals surface area contributed by atoms with Crippen LogP contribution in [0.25, 0.3) is 0 Å².